The summed E-state index contributed by atoms with van der Waals surface area (Å²) in [7, 11) is 0. The van der Waals surface area contributed by atoms with Crippen molar-refractivity contribution in [3.8, 4) is 0 Å². The zero-order valence-electron chi connectivity index (χ0n) is 17.5. The molecule has 2 aromatic carbocycles. The first-order valence-electron chi connectivity index (χ1n) is 10.2. The highest BCUT2D eigenvalue weighted by Gasteiger charge is 2.11. The molecular weight excluding hydrogens is 422 g/mol. The van der Waals surface area contributed by atoms with Crippen molar-refractivity contribution < 1.29 is 14.0 Å². The minimum atomic E-state index is -0.450. The number of amides is 3. The second-order valence-electron chi connectivity index (χ2n) is 7.12. The molecule has 166 valence electrons. The van der Waals surface area contributed by atoms with Gasteiger partial charge < -0.3 is 20.4 Å². The number of nitrogens with one attached hydrogen (secondary N) is 3. The number of urea groups is 1. The molecule has 0 radical (unpaired) electrons. The van der Waals surface area contributed by atoms with Crippen LogP contribution in [0, 0.1) is 0 Å². The SMILES string of the molecule is O=C(NCc1ccco1)Nc1ccc(NC(=O)c2ccc(=O)n(Cc3ccccc3)n2)cc1. The highest BCUT2D eigenvalue weighted by atomic mass is 16.3. The average molecular weight is 443 g/mol. The molecule has 0 saturated carbocycles. The van der Waals surface area contributed by atoms with Crippen LogP contribution in [0.15, 0.2) is 94.3 Å². The fourth-order valence-corrected chi connectivity index (χ4v) is 3.03. The van der Waals surface area contributed by atoms with Gasteiger partial charge in [-0.3, -0.25) is 9.59 Å². The molecule has 3 amide bonds. The van der Waals surface area contributed by atoms with Gasteiger partial charge in [0.15, 0.2) is 0 Å². The predicted octanol–water partition coefficient (Wildman–Crippen LogP) is 3.46. The summed E-state index contributed by atoms with van der Waals surface area (Å²) in [5, 5.41) is 12.3. The lowest BCUT2D eigenvalue weighted by Crippen LogP contribution is -2.28. The standard InChI is InChI=1S/C24H21N5O4/c30-22-13-12-21(28-29(22)16-17-5-2-1-3-6-17)23(31)26-18-8-10-19(11-9-18)27-24(32)25-15-20-7-4-14-33-20/h1-14H,15-16H2,(H,26,31)(H2,25,27,32). The Morgan fingerprint density at radius 1 is 0.848 bits per heavy atom. The van der Waals surface area contributed by atoms with E-state index in [2.05, 4.69) is 21.0 Å². The minimum Gasteiger partial charge on any atom is -0.467 e. The molecule has 2 heterocycles. The van der Waals surface area contributed by atoms with Crippen LogP contribution in [0.3, 0.4) is 0 Å². The quantitative estimate of drug-likeness (QED) is 0.404. The largest absolute Gasteiger partial charge is 0.467 e. The normalized spacial score (nSPS) is 10.4. The molecule has 0 bridgehead atoms. The Hall–Kier alpha value is -4.66. The molecule has 0 aliphatic carbocycles. The van der Waals surface area contributed by atoms with Crippen molar-refractivity contribution in [3.63, 3.8) is 0 Å². The lowest BCUT2D eigenvalue weighted by Gasteiger charge is -2.09. The number of anilines is 2. The summed E-state index contributed by atoms with van der Waals surface area (Å²) in [4.78, 5) is 36.7. The highest BCUT2D eigenvalue weighted by Crippen LogP contribution is 2.14. The van der Waals surface area contributed by atoms with Crippen LogP contribution in [0.5, 0.6) is 0 Å². The molecule has 2 aromatic heterocycles. The van der Waals surface area contributed by atoms with Crippen molar-refractivity contribution in [2.75, 3.05) is 10.6 Å². The van der Waals surface area contributed by atoms with E-state index in [0.29, 0.717) is 17.1 Å². The fraction of sp³-hybridized carbons (Fsp3) is 0.0833. The number of aromatic nitrogens is 2. The number of benzene rings is 2. The molecule has 33 heavy (non-hydrogen) atoms. The zero-order valence-corrected chi connectivity index (χ0v) is 17.5. The van der Waals surface area contributed by atoms with Gasteiger partial charge in [-0.05, 0) is 48.0 Å². The van der Waals surface area contributed by atoms with Gasteiger partial charge in [-0.1, -0.05) is 30.3 Å². The maximum Gasteiger partial charge on any atom is 0.319 e. The Kier molecular flexibility index (Phi) is 6.60. The molecule has 0 spiro atoms. The van der Waals surface area contributed by atoms with Gasteiger partial charge in [-0.25, -0.2) is 9.48 Å². The number of carbonyl (C=O) groups is 2. The zero-order chi connectivity index (χ0) is 23.0. The van der Waals surface area contributed by atoms with Crippen LogP contribution in [-0.2, 0) is 13.1 Å². The third kappa shape index (κ3) is 5.95. The van der Waals surface area contributed by atoms with E-state index in [0.717, 1.165) is 5.56 Å². The van der Waals surface area contributed by atoms with Crippen LogP contribution in [0.1, 0.15) is 21.8 Å². The number of rotatable bonds is 7. The summed E-state index contributed by atoms with van der Waals surface area (Å²) in [6.07, 6.45) is 1.54. The third-order valence-electron chi connectivity index (χ3n) is 4.68. The number of hydrogen-bond acceptors (Lipinski definition) is 5. The molecule has 0 aliphatic heterocycles. The fourth-order valence-electron chi connectivity index (χ4n) is 3.03. The Morgan fingerprint density at radius 2 is 1.58 bits per heavy atom. The Bertz CT molecular complexity index is 1280. The van der Waals surface area contributed by atoms with Gasteiger partial charge in [0.2, 0.25) is 0 Å². The number of furan rings is 1. The average Bonchev–Trinajstić information content (AvgIpc) is 3.35. The van der Waals surface area contributed by atoms with Crippen LogP contribution in [0.2, 0.25) is 0 Å². The second kappa shape index (κ2) is 10.1. The van der Waals surface area contributed by atoms with E-state index in [9.17, 15) is 14.4 Å². The van der Waals surface area contributed by atoms with Crippen LogP contribution in [0.25, 0.3) is 0 Å². The lowest BCUT2D eigenvalue weighted by molar-refractivity contribution is 0.102. The van der Waals surface area contributed by atoms with E-state index in [1.165, 1.54) is 23.1 Å². The van der Waals surface area contributed by atoms with E-state index in [-0.39, 0.29) is 30.4 Å². The Balaban J connectivity index is 1.35. The molecule has 0 fully saturated rings. The summed E-state index contributed by atoms with van der Waals surface area (Å²) < 4.78 is 6.41. The molecule has 9 nitrogen and oxygen atoms in total. The summed E-state index contributed by atoms with van der Waals surface area (Å²) in [5.74, 6) is 0.195. The van der Waals surface area contributed by atoms with Crippen molar-refractivity contribution in [2.45, 2.75) is 13.1 Å². The van der Waals surface area contributed by atoms with Gasteiger partial charge in [0.1, 0.15) is 11.5 Å². The molecule has 0 atom stereocenters. The Labute approximate surface area is 189 Å². The molecule has 0 unspecified atom stereocenters. The van der Waals surface area contributed by atoms with Crippen LogP contribution >= 0.6 is 0 Å². The van der Waals surface area contributed by atoms with Crippen molar-refractivity contribution >= 4 is 23.3 Å². The first-order valence-corrected chi connectivity index (χ1v) is 10.2. The first-order chi connectivity index (χ1) is 16.1. The number of carbonyl (C=O) groups excluding carboxylic acids is 2. The lowest BCUT2D eigenvalue weighted by atomic mass is 10.2. The van der Waals surface area contributed by atoms with Gasteiger partial charge in [0.25, 0.3) is 11.5 Å². The van der Waals surface area contributed by atoms with Gasteiger partial charge in [0.05, 0.1) is 19.4 Å². The summed E-state index contributed by atoms with van der Waals surface area (Å²) in [6.45, 7) is 0.537. The molecule has 0 saturated heterocycles. The van der Waals surface area contributed by atoms with E-state index >= 15 is 0 Å². The molecule has 4 aromatic rings. The molecule has 9 heteroatoms. The monoisotopic (exact) mass is 443 g/mol. The Morgan fingerprint density at radius 3 is 2.27 bits per heavy atom. The predicted molar refractivity (Wildman–Crippen MR) is 123 cm³/mol. The van der Waals surface area contributed by atoms with Gasteiger partial charge in [-0.15, -0.1) is 0 Å². The van der Waals surface area contributed by atoms with Crippen molar-refractivity contribution in [3.05, 3.63) is 112 Å². The maximum absolute atomic E-state index is 12.6. The summed E-state index contributed by atoms with van der Waals surface area (Å²) in [5.41, 5.74) is 1.80. The maximum atomic E-state index is 12.6. The number of nitrogens with zero attached hydrogens (tertiary/aromatic N) is 2. The smallest absolute Gasteiger partial charge is 0.319 e. The van der Waals surface area contributed by atoms with E-state index in [1.807, 2.05) is 30.3 Å². The molecule has 0 aliphatic rings. The van der Waals surface area contributed by atoms with E-state index in [1.54, 1.807) is 36.4 Å². The minimum absolute atomic E-state index is 0.116. The van der Waals surface area contributed by atoms with Crippen LogP contribution < -0.4 is 21.5 Å². The van der Waals surface area contributed by atoms with E-state index < -0.39 is 5.91 Å². The van der Waals surface area contributed by atoms with Crippen molar-refractivity contribution in [1.82, 2.24) is 15.1 Å². The van der Waals surface area contributed by atoms with Crippen molar-refractivity contribution in [2.24, 2.45) is 0 Å². The number of hydrogen-bond donors (Lipinski definition) is 3. The first kappa shape index (κ1) is 21.6. The molecule has 3 N–H and O–H groups in total. The van der Waals surface area contributed by atoms with Crippen LogP contribution in [-0.4, -0.2) is 21.7 Å². The highest BCUT2D eigenvalue weighted by molar-refractivity contribution is 6.02. The molecule has 4 rings (SSSR count). The topological polar surface area (TPSA) is 118 Å². The summed E-state index contributed by atoms with van der Waals surface area (Å²) in [6, 6.07) is 21.9. The van der Waals surface area contributed by atoms with Gasteiger partial charge in [-0.2, -0.15) is 5.10 Å². The third-order valence-corrected chi connectivity index (χ3v) is 4.68. The molecular formula is C24H21N5O4. The van der Waals surface area contributed by atoms with Gasteiger partial charge >= 0.3 is 6.03 Å². The summed E-state index contributed by atoms with van der Waals surface area (Å²) >= 11 is 0. The van der Waals surface area contributed by atoms with Crippen molar-refractivity contribution in [1.29, 1.82) is 0 Å². The van der Waals surface area contributed by atoms with Crippen LogP contribution in [0.4, 0.5) is 16.2 Å². The van der Waals surface area contributed by atoms with Gasteiger partial charge in [0, 0.05) is 17.4 Å². The van der Waals surface area contributed by atoms with E-state index in [4.69, 9.17) is 4.42 Å². The second-order valence-corrected chi connectivity index (χ2v) is 7.12.